The first-order chi connectivity index (χ1) is 20.0. The highest BCUT2D eigenvalue weighted by Crippen LogP contribution is 2.29. The molecule has 0 bridgehead atoms. The Balaban J connectivity index is 0.00000616. The van der Waals surface area contributed by atoms with Gasteiger partial charge in [-0.15, -0.1) is 28.7 Å². The molecule has 0 fully saturated rings. The van der Waals surface area contributed by atoms with Gasteiger partial charge in [0.2, 0.25) is 5.91 Å². The van der Waals surface area contributed by atoms with Crippen LogP contribution in [0.15, 0.2) is 53.6 Å². The number of benzene rings is 2. The number of carbonyl (C=O) groups is 1. The molecule has 0 radical (unpaired) electrons. The first kappa shape index (κ1) is 36.6. The summed E-state index contributed by atoms with van der Waals surface area (Å²) < 4.78 is 6.08. The number of rotatable bonds is 20. The second-order valence-corrected chi connectivity index (χ2v) is 12.9. The molecule has 0 aliphatic carbocycles. The molecule has 1 aliphatic rings. The lowest BCUT2D eigenvalue weighted by Crippen LogP contribution is -2.29. The number of allylic oxidation sites excluding steroid dienone is 1. The van der Waals surface area contributed by atoms with Gasteiger partial charge in [0.15, 0.2) is 0 Å². The van der Waals surface area contributed by atoms with Crippen LogP contribution in [0.25, 0.3) is 0 Å². The van der Waals surface area contributed by atoms with Gasteiger partial charge in [-0.2, -0.15) is 0 Å². The first-order valence-electron chi connectivity index (χ1n) is 15.9. The highest BCUT2D eigenvalue weighted by atomic mass is 79.9. The summed E-state index contributed by atoms with van der Waals surface area (Å²) in [6.07, 6.45) is 18.5. The molecule has 234 valence electrons. The zero-order chi connectivity index (χ0) is 29.3. The van der Waals surface area contributed by atoms with Gasteiger partial charge in [-0.3, -0.25) is 4.79 Å². The largest absolute Gasteiger partial charge is 0.492 e. The van der Waals surface area contributed by atoms with E-state index in [1.54, 1.807) is 0 Å². The van der Waals surface area contributed by atoms with Crippen LogP contribution in [0.5, 0.6) is 5.75 Å². The highest BCUT2D eigenvalue weighted by molar-refractivity contribution is 8.93. The maximum Gasteiger partial charge on any atom is 0.227 e. The van der Waals surface area contributed by atoms with Gasteiger partial charge in [-0.1, -0.05) is 114 Å². The van der Waals surface area contributed by atoms with Crippen LogP contribution in [0.1, 0.15) is 115 Å². The molecule has 0 unspecified atom stereocenters. The van der Waals surface area contributed by atoms with Gasteiger partial charge in [0.05, 0.1) is 24.1 Å². The van der Waals surface area contributed by atoms with Crippen molar-refractivity contribution < 1.29 is 9.53 Å². The second kappa shape index (κ2) is 21.1. The summed E-state index contributed by atoms with van der Waals surface area (Å²) in [5, 5.41) is 0.620. The molecule has 1 amide bonds. The molecule has 0 saturated carbocycles. The minimum atomic E-state index is 0. The molecular formula is C35H52BrClN2O2S. The van der Waals surface area contributed by atoms with Crippen LogP contribution in [0.2, 0.25) is 5.02 Å². The number of unbranched alkanes of at least 4 members (excludes halogenated alkanes) is 11. The van der Waals surface area contributed by atoms with Gasteiger partial charge in [0.25, 0.3) is 0 Å². The molecular weight excluding hydrogens is 628 g/mol. The molecule has 0 atom stereocenters. The molecule has 0 saturated heterocycles. The van der Waals surface area contributed by atoms with Crippen molar-refractivity contribution in [2.45, 2.75) is 117 Å². The maximum atomic E-state index is 12.9. The summed E-state index contributed by atoms with van der Waals surface area (Å²) in [5.41, 5.74) is 3.17. The van der Waals surface area contributed by atoms with Gasteiger partial charge in [0, 0.05) is 24.9 Å². The minimum Gasteiger partial charge on any atom is -0.492 e. The van der Waals surface area contributed by atoms with Gasteiger partial charge in [-0.25, -0.2) is 0 Å². The van der Waals surface area contributed by atoms with E-state index in [2.05, 4.69) is 49.2 Å². The Morgan fingerprint density at radius 2 is 1.48 bits per heavy atom. The summed E-state index contributed by atoms with van der Waals surface area (Å²) in [6.45, 7) is 8.37. The van der Waals surface area contributed by atoms with E-state index in [9.17, 15) is 4.79 Å². The van der Waals surface area contributed by atoms with Gasteiger partial charge in [0.1, 0.15) is 5.75 Å². The van der Waals surface area contributed by atoms with Crippen molar-refractivity contribution in [2.75, 3.05) is 17.4 Å². The van der Waals surface area contributed by atoms with E-state index in [1.165, 1.54) is 81.1 Å². The van der Waals surface area contributed by atoms with Crippen molar-refractivity contribution in [3.8, 4) is 5.75 Å². The zero-order valence-corrected chi connectivity index (χ0v) is 29.3. The van der Waals surface area contributed by atoms with Gasteiger partial charge < -0.3 is 14.5 Å². The minimum absolute atomic E-state index is 0. The number of nitrogens with zero attached hydrogens (tertiary/aromatic N) is 2. The third kappa shape index (κ3) is 13.3. The molecule has 1 aliphatic heterocycles. The number of hydrogen-bond acceptors (Lipinski definition) is 4. The lowest BCUT2D eigenvalue weighted by Gasteiger charge is -2.24. The van der Waals surface area contributed by atoms with Crippen LogP contribution in [-0.4, -0.2) is 23.3 Å². The Morgan fingerprint density at radius 3 is 2.05 bits per heavy atom. The molecule has 42 heavy (non-hydrogen) atoms. The molecule has 2 aromatic rings. The normalized spacial score (nSPS) is 12.7. The Kier molecular flexibility index (Phi) is 18.4. The Bertz CT molecular complexity index is 1080. The van der Waals surface area contributed by atoms with Crippen LogP contribution in [0, 0.1) is 0 Å². The van der Waals surface area contributed by atoms with E-state index in [-0.39, 0.29) is 22.9 Å². The molecule has 2 aromatic carbocycles. The van der Waals surface area contributed by atoms with E-state index >= 15 is 0 Å². The van der Waals surface area contributed by atoms with Crippen LogP contribution in [0.4, 0.5) is 5.69 Å². The Hall–Kier alpha value is -1.63. The van der Waals surface area contributed by atoms with Crippen molar-refractivity contribution in [1.29, 1.82) is 0 Å². The second-order valence-electron chi connectivity index (χ2n) is 11.3. The predicted octanol–water partition coefficient (Wildman–Crippen LogP) is 11.3. The molecule has 0 aromatic heterocycles. The first-order valence-corrected chi connectivity index (χ1v) is 17.2. The van der Waals surface area contributed by atoms with E-state index < -0.39 is 0 Å². The van der Waals surface area contributed by atoms with Crippen LogP contribution in [-0.2, 0) is 17.9 Å². The van der Waals surface area contributed by atoms with Crippen molar-refractivity contribution >= 4 is 51.9 Å². The summed E-state index contributed by atoms with van der Waals surface area (Å²) in [7, 11) is 0. The van der Waals surface area contributed by atoms with Crippen molar-refractivity contribution in [2.24, 2.45) is 0 Å². The van der Waals surface area contributed by atoms with E-state index in [0.29, 0.717) is 30.3 Å². The summed E-state index contributed by atoms with van der Waals surface area (Å²) in [6, 6.07) is 14.2. The highest BCUT2D eigenvalue weighted by Gasteiger charge is 2.17. The third-order valence-electron chi connectivity index (χ3n) is 7.65. The van der Waals surface area contributed by atoms with Crippen LogP contribution in [0.3, 0.4) is 0 Å². The van der Waals surface area contributed by atoms with E-state index in [1.807, 2.05) is 41.8 Å². The lowest BCUT2D eigenvalue weighted by molar-refractivity contribution is -0.118. The van der Waals surface area contributed by atoms with Gasteiger partial charge in [-0.05, 0) is 53.6 Å². The lowest BCUT2D eigenvalue weighted by atomic mass is 10.1. The third-order valence-corrected chi connectivity index (χ3v) is 8.99. The number of hydrogen-bond donors (Lipinski definition) is 0. The van der Waals surface area contributed by atoms with Gasteiger partial charge >= 0.3 is 0 Å². The fraction of sp³-hybridized carbons (Fsp3) is 0.571. The van der Waals surface area contributed by atoms with Crippen molar-refractivity contribution in [3.63, 3.8) is 0 Å². The summed E-state index contributed by atoms with van der Waals surface area (Å²) >= 11 is 8.34. The predicted molar refractivity (Wildman–Crippen MR) is 188 cm³/mol. The molecule has 0 N–H and O–H groups in total. The number of amides is 1. The standard InChI is InChI=1S/C35H51ClN2O2S.BrH/c1-4-6-7-8-9-10-11-12-13-14-15-16-23-40-34-24-31(19-22-33(34)36)27-38(35(39)5-2)32-20-17-30(18-21-32)26-37-25-29(3)41-28-37;/h17-22,24-25H,4-16,23,26-28H2,1-3H3;1H. The van der Waals surface area contributed by atoms with Crippen LogP contribution >= 0.6 is 40.3 Å². The Morgan fingerprint density at radius 1 is 0.881 bits per heavy atom. The summed E-state index contributed by atoms with van der Waals surface area (Å²) in [4.78, 5) is 18.5. The topological polar surface area (TPSA) is 32.8 Å². The quantitative estimate of drug-likeness (QED) is 0.130. The van der Waals surface area contributed by atoms with E-state index in [0.717, 1.165) is 30.1 Å². The SMILES string of the molecule is Br.CCCCCCCCCCCCCCOc1cc(CN(C(=O)CC)c2ccc(CN3C=C(C)SC3)cc2)ccc1Cl. The molecule has 3 rings (SSSR count). The number of thioether (sulfide) groups is 1. The average molecular weight is 680 g/mol. The number of halogens is 2. The van der Waals surface area contributed by atoms with Crippen molar-refractivity contribution in [3.05, 3.63) is 69.7 Å². The Labute approximate surface area is 275 Å². The van der Waals surface area contributed by atoms with Crippen LogP contribution < -0.4 is 9.64 Å². The molecule has 1 heterocycles. The monoisotopic (exact) mass is 678 g/mol. The maximum absolute atomic E-state index is 12.9. The number of ether oxygens (including phenoxy) is 1. The molecule has 4 nitrogen and oxygen atoms in total. The zero-order valence-electron chi connectivity index (χ0n) is 26.0. The molecule has 0 spiro atoms. The number of anilines is 1. The smallest absolute Gasteiger partial charge is 0.227 e. The van der Waals surface area contributed by atoms with Crippen molar-refractivity contribution in [1.82, 2.24) is 4.90 Å². The van der Waals surface area contributed by atoms with E-state index in [4.69, 9.17) is 16.3 Å². The fourth-order valence-corrected chi connectivity index (χ4v) is 6.13. The molecule has 7 heteroatoms. The fourth-order valence-electron chi connectivity index (χ4n) is 5.20. The number of carbonyl (C=O) groups excluding carboxylic acids is 1. The summed E-state index contributed by atoms with van der Waals surface area (Å²) in [5.74, 6) is 1.80. The average Bonchev–Trinajstić information content (AvgIpc) is 3.39.